The average molecular weight is 249 g/mol. The van der Waals surface area contributed by atoms with Gasteiger partial charge in [-0.05, 0) is 13.3 Å². The Kier molecular flexibility index (Phi) is 3.45. The molecule has 0 aliphatic carbocycles. The van der Waals surface area contributed by atoms with Crippen molar-refractivity contribution in [3.63, 3.8) is 0 Å². The van der Waals surface area contributed by atoms with E-state index >= 15 is 0 Å². The zero-order valence-corrected chi connectivity index (χ0v) is 10.4. The van der Waals surface area contributed by atoms with E-state index in [0.29, 0.717) is 18.0 Å². The second kappa shape index (κ2) is 5.03. The lowest BCUT2D eigenvalue weighted by molar-refractivity contribution is 0.387. The monoisotopic (exact) mass is 249 g/mol. The van der Waals surface area contributed by atoms with Gasteiger partial charge in [0.15, 0.2) is 0 Å². The van der Waals surface area contributed by atoms with Gasteiger partial charge in [-0.1, -0.05) is 12.1 Å². The number of hydrogen-bond acceptors (Lipinski definition) is 4. The van der Waals surface area contributed by atoms with E-state index in [2.05, 4.69) is 5.16 Å². The first kappa shape index (κ1) is 12.3. The quantitative estimate of drug-likeness (QED) is 0.802. The van der Waals surface area contributed by atoms with E-state index < -0.39 is 0 Å². The minimum absolute atomic E-state index is 0.138. The standard InChI is InChI=1S/C12H15N3O3/c1-3-5-14-6-4-11(16)15(12(14)17)8-10-7-9(2)18-13-10/h4,6-7H,3,5,8H2,1-2H3. The highest BCUT2D eigenvalue weighted by atomic mass is 16.5. The SMILES string of the molecule is CCCn1ccc(=O)n(Cc2cc(C)on2)c1=O. The molecule has 0 bridgehead atoms. The van der Waals surface area contributed by atoms with Crippen LogP contribution < -0.4 is 11.2 Å². The zero-order valence-electron chi connectivity index (χ0n) is 10.4. The minimum atomic E-state index is -0.326. The predicted octanol–water partition coefficient (Wildman–Crippen LogP) is 0.765. The van der Waals surface area contributed by atoms with Gasteiger partial charge in [-0.15, -0.1) is 0 Å². The molecular weight excluding hydrogens is 234 g/mol. The van der Waals surface area contributed by atoms with Crippen LogP contribution in [0.2, 0.25) is 0 Å². The Morgan fingerprint density at radius 2 is 2.17 bits per heavy atom. The van der Waals surface area contributed by atoms with Gasteiger partial charge < -0.3 is 9.09 Å². The zero-order chi connectivity index (χ0) is 13.1. The van der Waals surface area contributed by atoms with Crippen molar-refractivity contribution in [1.82, 2.24) is 14.3 Å². The van der Waals surface area contributed by atoms with E-state index in [-0.39, 0.29) is 17.8 Å². The second-order valence-electron chi connectivity index (χ2n) is 4.14. The highest BCUT2D eigenvalue weighted by Crippen LogP contribution is 2.01. The third-order valence-corrected chi connectivity index (χ3v) is 2.60. The van der Waals surface area contributed by atoms with Crippen LogP contribution in [0.3, 0.4) is 0 Å². The van der Waals surface area contributed by atoms with Crippen molar-refractivity contribution in [2.75, 3.05) is 0 Å². The molecule has 0 unspecified atom stereocenters. The van der Waals surface area contributed by atoms with Crippen LogP contribution in [0, 0.1) is 6.92 Å². The van der Waals surface area contributed by atoms with Crippen LogP contribution in [0.15, 0.2) is 32.4 Å². The molecule has 2 aromatic rings. The number of hydrogen-bond donors (Lipinski definition) is 0. The Hall–Kier alpha value is -2.11. The van der Waals surface area contributed by atoms with E-state index in [9.17, 15) is 9.59 Å². The number of rotatable bonds is 4. The molecule has 0 spiro atoms. The second-order valence-corrected chi connectivity index (χ2v) is 4.14. The number of nitrogens with zero attached hydrogens (tertiary/aromatic N) is 3. The van der Waals surface area contributed by atoms with E-state index in [1.165, 1.54) is 16.8 Å². The fourth-order valence-corrected chi connectivity index (χ4v) is 1.77. The summed E-state index contributed by atoms with van der Waals surface area (Å²) < 4.78 is 7.60. The lowest BCUT2D eigenvalue weighted by Gasteiger charge is -2.07. The summed E-state index contributed by atoms with van der Waals surface area (Å²) in [7, 11) is 0. The van der Waals surface area contributed by atoms with Gasteiger partial charge in [-0.3, -0.25) is 9.36 Å². The smallest absolute Gasteiger partial charge is 0.331 e. The number of aryl methyl sites for hydroxylation is 2. The molecular formula is C12H15N3O3. The molecule has 0 aliphatic heterocycles. The first-order valence-electron chi connectivity index (χ1n) is 5.84. The summed E-state index contributed by atoms with van der Waals surface area (Å²) in [5.41, 5.74) is -0.0704. The number of aromatic nitrogens is 3. The molecule has 0 saturated heterocycles. The predicted molar refractivity (Wildman–Crippen MR) is 65.6 cm³/mol. The summed E-state index contributed by atoms with van der Waals surface area (Å²) in [5, 5.41) is 3.79. The van der Waals surface area contributed by atoms with Gasteiger partial charge >= 0.3 is 5.69 Å². The Balaban J connectivity index is 2.40. The van der Waals surface area contributed by atoms with Crippen LogP contribution in [-0.4, -0.2) is 14.3 Å². The molecule has 6 heteroatoms. The van der Waals surface area contributed by atoms with Crippen molar-refractivity contribution in [2.24, 2.45) is 0 Å². The minimum Gasteiger partial charge on any atom is -0.361 e. The summed E-state index contributed by atoms with van der Waals surface area (Å²) in [4.78, 5) is 23.8. The summed E-state index contributed by atoms with van der Waals surface area (Å²) >= 11 is 0. The Morgan fingerprint density at radius 3 is 2.78 bits per heavy atom. The Bertz CT molecular complexity index is 651. The van der Waals surface area contributed by atoms with Crippen LogP contribution in [0.25, 0.3) is 0 Å². The van der Waals surface area contributed by atoms with Crippen molar-refractivity contribution < 1.29 is 4.52 Å². The van der Waals surface area contributed by atoms with E-state index in [1.807, 2.05) is 6.92 Å². The van der Waals surface area contributed by atoms with E-state index in [1.54, 1.807) is 13.0 Å². The highest BCUT2D eigenvalue weighted by Gasteiger charge is 2.08. The molecule has 96 valence electrons. The van der Waals surface area contributed by atoms with Crippen LogP contribution in [0.4, 0.5) is 0 Å². The average Bonchev–Trinajstić information content (AvgIpc) is 2.74. The molecule has 18 heavy (non-hydrogen) atoms. The van der Waals surface area contributed by atoms with Gasteiger partial charge in [0, 0.05) is 24.9 Å². The molecule has 2 heterocycles. The maximum absolute atomic E-state index is 12.1. The third kappa shape index (κ3) is 2.42. The van der Waals surface area contributed by atoms with Crippen LogP contribution in [-0.2, 0) is 13.1 Å². The molecule has 0 saturated carbocycles. The largest absolute Gasteiger partial charge is 0.361 e. The topological polar surface area (TPSA) is 70.0 Å². The molecule has 0 aliphatic rings. The molecule has 0 aromatic carbocycles. The maximum Gasteiger partial charge on any atom is 0.331 e. The molecule has 0 atom stereocenters. The van der Waals surface area contributed by atoms with Gasteiger partial charge in [0.05, 0.1) is 6.54 Å². The first-order chi connectivity index (χ1) is 8.61. The highest BCUT2D eigenvalue weighted by molar-refractivity contribution is 5.04. The van der Waals surface area contributed by atoms with Gasteiger partial charge in [0.2, 0.25) is 0 Å². The summed E-state index contributed by atoms with van der Waals surface area (Å²) in [6, 6.07) is 3.10. The fourth-order valence-electron chi connectivity index (χ4n) is 1.77. The van der Waals surface area contributed by atoms with Crippen molar-refractivity contribution in [1.29, 1.82) is 0 Å². The van der Waals surface area contributed by atoms with E-state index in [4.69, 9.17) is 4.52 Å². The van der Waals surface area contributed by atoms with Gasteiger partial charge in [0.25, 0.3) is 5.56 Å². The van der Waals surface area contributed by atoms with Crippen molar-refractivity contribution in [3.8, 4) is 0 Å². The molecule has 0 fully saturated rings. The van der Waals surface area contributed by atoms with Gasteiger partial charge in [-0.25, -0.2) is 4.79 Å². The lowest BCUT2D eigenvalue weighted by Crippen LogP contribution is -2.39. The molecule has 2 aromatic heterocycles. The lowest BCUT2D eigenvalue weighted by atomic mass is 10.3. The molecule has 6 nitrogen and oxygen atoms in total. The molecule has 0 radical (unpaired) electrons. The van der Waals surface area contributed by atoms with Crippen molar-refractivity contribution >= 4 is 0 Å². The first-order valence-corrected chi connectivity index (χ1v) is 5.84. The fraction of sp³-hybridized carbons (Fsp3) is 0.417. The summed E-state index contributed by atoms with van der Waals surface area (Å²) in [6.45, 7) is 4.47. The van der Waals surface area contributed by atoms with Crippen molar-refractivity contribution in [2.45, 2.75) is 33.4 Å². The van der Waals surface area contributed by atoms with Crippen LogP contribution in [0.5, 0.6) is 0 Å². The van der Waals surface area contributed by atoms with Crippen LogP contribution in [0.1, 0.15) is 24.8 Å². The summed E-state index contributed by atoms with van der Waals surface area (Å²) in [6.07, 6.45) is 2.36. The third-order valence-electron chi connectivity index (χ3n) is 2.60. The van der Waals surface area contributed by atoms with Crippen molar-refractivity contribution in [3.05, 3.63) is 50.6 Å². The molecule has 0 N–H and O–H groups in total. The normalized spacial score (nSPS) is 10.8. The van der Waals surface area contributed by atoms with E-state index in [0.717, 1.165) is 11.0 Å². The Labute approximate surface area is 103 Å². The maximum atomic E-state index is 12.1. The van der Waals surface area contributed by atoms with Gasteiger partial charge in [-0.2, -0.15) is 0 Å². The van der Waals surface area contributed by atoms with Gasteiger partial charge in [0.1, 0.15) is 11.5 Å². The molecule has 2 rings (SSSR count). The summed E-state index contributed by atoms with van der Waals surface area (Å²) in [5.74, 6) is 0.655. The Morgan fingerprint density at radius 1 is 1.39 bits per heavy atom. The van der Waals surface area contributed by atoms with Crippen LogP contribution >= 0.6 is 0 Å². The molecule has 0 amide bonds.